The summed E-state index contributed by atoms with van der Waals surface area (Å²) in [7, 11) is 0.733. The molecule has 0 N–H and O–H groups in total. The summed E-state index contributed by atoms with van der Waals surface area (Å²) in [6, 6.07) is 7.60. The van der Waals surface area contributed by atoms with E-state index in [4.69, 9.17) is 14.2 Å². The summed E-state index contributed by atoms with van der Waals surface area (Å²) >= 11 is 0. The molecule has 0 amide bonds. The van der Waals surface area contributed by atoms with Crippen molar-refractivity contribution in [1.29, 1.82) is 0 Å². The van der Waals surface area contributed by atoms with E-state index in [0.29, 0.717) is 13.5 Å². The number of rotatable bonds is 8. The van der Waals surface area contributed by atoms with Gasteiger partial charge in [0.2, 0.25) is 0 Å². The predicted molar refractivity (Wildman–Crippen MR) is 118 cm³/mol. The van der Waals surface area contributed by atoms with E-state index in [1.807, 2.05) is 13.8 Å². The number of alkyl halides is 3. The van der Waals surface area contributed by atoms with Gasteiger partial charge in [-0.1, -0.05) is 6.07 Å². The number of nitrogens with zero attached hydrogens (tertiary/aromatic N) is 1. The van der Waals surface area contributed by atoms with Gasteiger partial charge in [-0.3, -0.25) is 0 Å². The Bertz CT molecular complexity index is 799. The number of ether oxygens (including phenoxy) is 3. The first-order valence-corrected chi connectivity index (χ1v) is 11.5. The van der Waals surface area contributed by atoms with Gasteiger partial charge in [0, 0.05) is 0 Å². The number of carbonyl (C=O) groups is 1. The Hall–Kier alpha value is -1.73. The third-order valence-electron chi connectivity index (χ3n) is 5.32. The van der Waals surface area contributed by atoms with Crippen LogP contribution in [0.2, 0.25) is 0 Å². The molecule has 0 spiro atoms. The first-order valence-electron chi connectivity index (χ1n) is 10.3. The Kier molecular flexibility index (Phi) is 9.89. The molecule has 1 aliphatic heterocycles. The number of benzene rings is 1. The Morgan fingerprint density at radius 2 is 1.94 bits per heavy atom. The zero-order valence-electron chi connectivity index (χ0n) is 18.3. The van der Waals surface area contributed by atoms with Crippen LogP contribution in [0.5, 0.6) is 0 Å². The van der Waals surface area contributed by atoms with Crippen LogP contribution in [0.1, 0.15) is 34.1 Å². The van der Waals surface area contributed by atoms with Crippen LogP contribution >= 0.6 is 8.46 Å². The third kappa shape index (κ3) is 7.14. The van der Waals surface area contributed by atoms with E-state index in [0.717, 1.165) is 0 Å². The van der Waals surface area contributed by atoms with Gasteiger partial charge in [0.1, 0.15) is 0 Å². The molecule has 6 nitrogen and oxygen atoms in total. The third-order valence-corrected chi connectivity index (χ3v) is 6.89. The molecular weight excluding hydrogens is 444 g/mol. The first kappa shape index (κ1) is 26.5. The van der Waals surface area contributed by atoms with Gasteiger partial charge >= 0.3 is 182 Å². The van der Waals surface area contributed by atoms with Gasteiger partial charge in [0.25, 0.3) is 0 Å². The summed E-state index contributed by atoms with van der Waals surface area (Å²) in [5, 5.41) is 0. The van der Waals surface area contributed by atoms with E-state index in [-0.39, 0.29) is 25.7 Å². The zero-order chi connectivity index (χ0) is 23.9. The molecule has 1 aromatic carbocycles. The van der Waals surface area contributed by atoms with Crippen molar-refractivity contribution in [3.8, 4) is 0 Å². The van der Waals surface area contributed by atoms with Crippen molar-refractivity contribution in [3.05, 3.63) is 30.3 Å². The summed E-state index contributed by atoms with van der Waals surface area (Å²) in [4.78, 5) is 15.3. The molecule has 12 heteroatoms. The number of carbonyl (C=O) groups excluding carboxylic acids is 1. The van der Waals surface area contributed by atoms with E-state index in [1.165, 1.54) is 25.9 Å². The van der Waals surface area contributed by atoms with Crippen LogP contribution in [0.15, 0.2) is 35.3 Å². The number of para-hydroxylation sites is 1. The van der Waals surface area contributed by atoms with Crippen LogP contribution in [0.25, 0.3) is 0 Å². The predicted octanol–water partition coefficient (Wildman–Crippen LogP) is 4.27. The number of hydrogen-bond donors (Lipinski definition) is 0. The standard InChI is InChI=1S/C20H26B2F3NO5P/c1-5-11(2)15-17(32-22-21-28)12(3)16(29-13(4)27)18(30-15)31-19(20(23,24)25)26-14-9-7-6-8-10-14/h6-12,15-18,32H,5H2,1-4H3/t11-,12?,15?,16+,17-,18-/m0/s1. The number of hydrogen-bond acceptors (Lipinski definition) is 6. The van der Waals surface area contributed by atoms with Crippen molar-refractivity contribution in [2.24, 2.45) is 16.8 Å². The quantitative estimate of drug-likeness (QED) is 0.187. The van der Waals surface area contributed by atoms with Gasteiger partial charge in [0.15, 0.2) is 0 Å². The maximum atomic E-state index is 13.8. The van der Waals surface area contributed by atoms with Crippen LogP contribution in [0, 0.1) is 11.8 Å². The molecule has 1 radical (unpaired) electrons. The molecule has 0 aliphatic carbocycles. The molecule has 1 heterocycles. The van der Waals surface area contributed by atoms with Gasteiger partial charge in [-0.05, 0) is 0 Å². The Labute approximate surface area is 188 Å². The molecule has 1 fully saturated rings. The van der Waals surface area contributed by atoms with Crippen molar-refractivity contribution < 1.29 is 36.9 Å². The molecule has 173 valence electrons. The Morgan fingerprint density at radius 1 is 1.28 bits per heavy atom. The molecule has 0 aromatic heterocycles. The van der Waals surface area contributed by atoms with E-state index in [1.54, 1.807) is 25.1 Å². The van der Waals surface area contributed by atoms with Crippen LogP contribution in [0.4, 0.5) is 18.9 Å². The fraction of sp³-hybridized carbons (Fsp3) is 0.600. The van der Waals surface area contributed by atoms with Crippen LogP contribution < -0.4 is 0 Å². The fourth-order valence-electron chi connectivity index (χ4n) is 3.52. The molecule has 0 saturated carbocycles. The first-order chi connectivity index (χ1) is 15.1. The molecule has 32 heavy (non-hydrogen) atoms. The van der Waals surface area contributed by atoms with Gasteiger partial charge in [-0.15, -0.1) is 0 Å². The Morgan fingerprint density at radius 3 is 2.47 bits per heavy atom. The summed E-state index contributed by atoms with van der Waals surface area (Å²) < 4.78 is 68.8. The van der Waals surface area contributed by atoms with Crippen molar-refractivity contribution in [2.45, 2.75) is 64.4 Å². The number of aliphatic imine (C=N–C) groups is 1. The van der Waals surface area contributed by atoms with Crippen LogP contribution in [-0.4, -0.2) is 56.1 Å². The maximum absolute atomic E-state index is 13.8. The van der Waals surface area contributed by atoms with Gasteiger partial charge in [0.05, 0.1) is 0 Å². The molecular formula is C20H26B2F3NO5P. The second-order valence-corrected chi connectivity index (χ2v) is 8.98. The van der Waals surface area contributed by atoms with Crippen molar-refractivity contribution in [2.75, 3.05) is 0 Å². The summed E-state index contributed by atoms with van der Waals surface area (Å²) in [5.41, 5.74) is -0.161. The van der Waals surface area contributed by atoms with E-state index < -0.39 is 42.5 Å². The van der Waals surface area contributed by atoms with Gasteiger partial charge in [-0.2, -0.15) is 0 Å². The zero-order valence-corrected chi connectivity index (χ0v) is 19.3. The van der Waals surface area contributed by atoms with E-state index in [2.05, 4.69) is 4.99 Å². The molecule has 7 atom stereocenters. The van der Waals surface area contributed by atoms with Crippen molar-refractivity contribution >= 4 is 39.9 Å². The average Bonchev–Trinajstić information content (AvgIpc) is 2.74. The minimum atomic E-state index is -4.89. The summed E-state index contributed by atoms with van der Waals surface area (Å²) in [6.45, 7) is 8.25. The summed E-state index contributed by atoms with van der Waals surface area (Å²) in [5.74, 6) is -2.60. The number of esters is 1. The second-order valence-electron chi connectivity index (χ2n) is 7.65. The normalized spacial score (nSPS) is 27.6. The minimum absolute atomic E-state index is 0.0280. The fourth-order valence-corrected chi connectivity index (χ4v) is 4.91. The molecule has 2 rings (SSSR count). The van der Waals surface area contributed by atoms with Gasteiger partial charge in [-0.25, -0.2) is 0 Å². The molecule has 3 unspecified atom stereocenters. The topological polar surface area (TPSA) is 74.2 Å². The van der Waals surface area contributed by atoms with Crippen molar-refractivity contribution in [1.82, 2.24) is 0 Å². The summed E-state index contributed by atoms with van der Waals surface area (Å²) in [6.07, 6.45) is -7.29. The van der Waals surface area contributed by atoms with E-state index >= 15 is 0 Å². The Balaban J connectivity index is 2.42. The average molecular weight is 470 g/mol. The van der Waals surface area contributed by atoms with Crippen LogP contribution in [0.3, 0.4) is 0 Å². The van der Waals surface area contributed by atoms with Crippen LogP contribution in [-0.2, 0) is 23.7 Å². The van der Waals surface area contributed by atoms with Gasteiger partial charge < -0.3 is 0 Å². The molecule has 1 aliphatic rings. The molecule has 1 saturated heterocycles. The van der Waals surface area contributed by atoms with E-state index in [9.17, 15) is 22.7 Å². The SMILES string of the molecule is CC[C@H](C)C1O[C@@H](OC(=Nc2ccccc2)C(F)(F)F)[C@H](OC(C)=O)C(C)[C@@H]1P[B]B=O. The molecule has 1 aromatic rings. The molecule has 0 bridgehead atoms. The number of halogens is 3. The second kappa shape index (κ2) is 11.9. The monoisotopic (exact) mass is 470 g/mol. The van der Waals surface area contributed by atoms with Crippen molar-refractivity contribution in [3.63, 3.8) is 0 Å².